The summed E-state index contributed by atoms with van der Waals surface area (Å²) >= 11 is 6.13. The van der Waals surface area contributed by atoms with Crippen LogP contribution in [-0.4, -0.2) is 29.3 Å². The average Bonchev–Trinajstić information content (AvgIpc) is 2.82. The molecule has 1 saturated carbocycles. The van der Waals surface area contributed by atoms with Crippen LogP contribution in [0.3, 0.4) is 0 Å². The summed E-state index contributed by atoms with van der Waals surface area (Å²) in [6, 6.07) is 1.95. The van der Waals surface area contributed by atoms with Crippen LogP contribution in [0.4, 0.5) is 5.69 Å². The van der Waals surface area contributed by atoms with Gasteiger partial charge in [0, 0.05) is 31.4 Å². The predicted octanol–water partition coefficient (Wildman–Crippen LogP) is 1.94. The lowest BCUT2D eigenvalue weighted by Crippen LogP contribution is -2.24. The normalized spacial score (nSPS) is 33.1. The molecule has 0 bridgehead atoms. The van der Waals surface area contributed by atoms with Crippen molar-refractivity contribution in [1.29, 1.82) is 0 Å². The van der Waals surface area contributed by atoms with Gasteiger partial charge >= 0.3 is 0 Å². The lowest BCUT2D eigenvalue weighted by Gasteiger charge is -2.21. The van der Waals surface area contributed by atoms with E-state index in [9.17, 15) is 5.11 Å². The predicted molar refractivity (Wildman–Crippen MR) is 63.7 cm³/mol. The maximum Gasteiger partial charge on any atom is 0.0822 e. The highest BCUT2D eigenvalue weighted by molar-refractivity contribution is 6.33. The second-order valence-corrected chi connectivity index (χ2v) is 5.21. The van der Waals surface area contributed by atoms with Crippen molar-refractivity contribution in [3.05, 3.63) is 23.5 Å². The van der Waals surface area contributed by atoms with Crippen LogP contribution in [0.25, 0.3) is 0 Å². The lowest BCUT2D eigenvalue weighted by molar-refractivity contribution is 0.133. The zero-order valence-corrected chi connectivity index (χ0v) is 9.77. The molecule has 86 valence electrons. The van der Waals surface area contributed by atoms with Crippen molar-refractivity contribution < 1.29 is 5.11 Å². The molecule has 2 fully saturated rings. The minimum absolute atomic E-state index is 0.115. The molecule has 3 rings (SSSR count). The molecule has 0 aromatic carbocycles. The van der Waals surface area contributed by atoms with Crippen LogP contribution >= 0.6 is 11.6 Å². The monoisotopic (exact) mass is 238 g/mol. The number of nitrogens with zero attached hydrogens (tertiary/aromatic N) is 2. The van der Waals surface area contributed by atoms with Crippen LogP contribution in [0.2, 0.25) is 5.02 Å². The van der Waals surface area contributed by atoms with Crippen LogP contribution in [0.1, 0.15) is 12.8 Å². The van der Waals surface area contributed by atoms with E-state index in [-0.39, 0.29) is 6.10 Å². The van der Waals surface area contributed by atoms with Gasteiger partial charge in [-0.2, -0.15) is 0 Å². The summed E-state index contributed by atoms with van der Waals surface area (Å²) in [5.41, 5.74) is 1.05. The van der Waals surface area contributed by atoms with Crippen LogP contribution in [0, 0.1) is 11.8 Å². The maximum absolute atomic E-state index is 9.86. The molecule has 1 aliphatic heterocycles. The van der Waals surface area contributed by atoms with Crippen molar-refractivity contribution in [3.63, 3.8) is 0 Å². The quantitative estimate of drug-likeness (QED) is 0.813. The molecule has 1 aromatic heterocycles. The van der Waals surface area contributed by atoms with Gasteiger partial charge in [-0.05, 0) is 24.8 Å². The number of anilines is 1. The molecule has 1 N–H and O–H groups in total. The summed E-state index contributed by atoms with van der Waals surface area (Å²) in [6.07, 6.45) is 5.45. The average molecular weight is 239 g/mol. The Morgan fingerprint density at radius 2 is 2.25 bits per heavy atom. The minimum atomic E-state index is -0.115. The fraction of sp³-hybridized carbons (Fsp3) is 0.583. The van der Waals surface area contributed by atoms with E-state index in [0.717, 1.165) is 31.6 Å². The maximum atomic E-state index is 9.86. The van der Waals surface area contributed by atoms with Gasteiger partial charge in [0.2, 0.25) is 0 Å². The second kappa shape index (κ2) is 3.90. The van der Waals surface area contributed by atoms with Gasteiger partial charge in [-0.15, -0.1) is 0 Å². The summed E-state index contributed by atoms with van der Waals surface area (Å²) in [6.45, 7) is 1.95. The second-order valence-electron chi connectivity index (χ2n) is 4.80. The van der Waals surface area contributed by atoms with Crippen LogP contribution in [0.5, 0.6) is 0 Å². The number of aliphatic hydroxyl groups is 1. The molecule has 0 spiro atoms. The van der Waals surface area contributed by atoms with Gasteiger partial charge in [0.25, 0.3) is 0 Å². The molecule has 0 amide bonds. The van der Waals surface area contributed by atoms with E-state index in [2.05, 4.69) is 9.88 Å². The first-order chi connectivity index (χ1) is 7.75. The summed E-state index contributed by atoms with van der Waals surface area (Å²) in [7, 11) is 0. The smallest absolute Gasteiger partial charge is 0.0822 e. The standard InChI is InChI=1S/C12H15ClN2O/c13-10-5-14-4-3-11(10)15-6-8-1-2-12(16)9(8)7-15/h3-5,8-9,12,16H,1-2,6-7H2. The Balaban J connectivity index is 1.82. The Kier molecular flexibility index (Phi) is 2.52. The Bertz CT molecular complexity index is 398. The Morgan fingerprint density at radius 1 is 1.38 bits per heavy atom. The Labute approximate surface area is 100 Å². The third kappa shape index (κ3) is 1.59. The highest BCUT2D eigenvalue weighted by atomic mass is 35.5. The van der Waals surface area contributed by atoms with E-state index in [1.807, 2.05) is 6.07 Å². The molecule has 2 aliphatic rings. The summed E-state index contributed by atoms with van der Waals surface area (Å²) in [5.74, 6) is 1.07. The summed E-state index contributed by atoms with van der Waals surface area (Å²) < 4.78 is 0. The number of hydrogen-bond donors (Lipinski definition) is 1. The van der Waals surface area contributed by atoms with E-state index in [0.29, 0.717) is 16.9 Å². The SMILES string of the molecule is OC1CCC2CN(c3ccncc3Cl)CC12. The van der Waals surface area contributed by atoms with Crippen LogP contribution in [0.15, 0.2) is 18.5 Å². The minimum Gasteiger partial charge on any atom is -0.393 e. The van der Waals surface area contributed by atoms with Gasteiger partial charge in [0.15, 0.2) is 0 Å². The number of fused-ring (bicyclic) bond motifs is 1. The van der Waals surface area contributed by atoms with E-state index in [1.165, 1.54) is 0 Å². The number of aliphatic hydroxyl groups excluding tert-OH is 1. The van der Waals surface area contributed by atoms with Gasteiger partial charge in [-0.1, -0.05) is 11.6 Å². The first-order valence-electron chi connectivity index (χ1n) is 5.78. The van der Waals surface area contributed by atoms with Crippen molar-refractivity contribution in [1.82, 2.24) is 4.98 Å². The third-order valence-electron chi connectivity index (χ3n) is 3.91. The molecular formula is C12H15ClN2O. The van der Waals surface area contributed by atoms with Gasteiger partial charge in [-0.3, -0.25) is 4.98 Å². The van der Waals surface area contributed by atoms with Gasteiger partial charge in [-0.25, -0.2) is 0 Å². The molecular weight excluding hydrogens is 224 g/mol. The van der Waals surface area contributed by atoms with E-state index < -0.39 is 0 Å². The van der Waals surface area contributed by atoms with Crippen LogP contribution in [-0.2, 0) is 0 Å². The number of halogens is 1. The van der Waals surface area contributed by atoms with E-state index in [4.69, 9.17) is 11.6 Å². The van der Waals surface area contributed by atoms with Crippen LogP contribution < -0.4 is 4.90 Å². The summed E-state index contributed by atoms with van der Waals surface area (Å²) in [4.78, 5) is 6.27. The number of hydrogen-bond acceptors (Lipinski definition) is 3. The largest absolute Gasteiger partial charge is 0.393 e. The highest BCUT2D eigenvalue weighted by Gasteiger charge is 2.42. The molecule has 3 unspecified atom stereocenters. The van der Waals surface area contributed by atoms with Gasteiger partial charge < -0.3 is 10.0 Å². The topological polar surface area (TPSA) is 36.4 Å². The molecule has 4 heteroatoms. The van der Waals surface area contributed by atoms with Gasteiger partial charge in [0.1, 0.15) is 0 Å². The van der Waals surface area contributed by atoms with E-state index >= 15 is 0 Å². The molecule has 1 aromatic rings. The molecule has 16 heavy (non-hydrogen) atoms. The first-order valence-corrected chi connectivity index (χ1v) is 6.16. The zero-order chi connectivity index (χ0) is 11.1. The highest BCUT2D eigenvalue weighted by Crippen LogP contribution is 2.41. The number of rotatable bonds is 1. The van der Waals surface area contributed by atoms with E-state index in [1.54, 1.807) is 12.4 Å². The van der Waals surface area contributed by atoms with Crippen molar-refractivity contribution in [2.24, 2.45) is 11.8 Å². The van der Waals surface area contributed by atoms with Crippen molar-refractivity contribution in [3.8, 4) is 0 Å². The Morgan fingerprint density at radius 3 is 3.00 bits per heavy atom. The molecule has 1 aliphatic carbocycles. The first kappa shape index (κ1) is 10.4. The molecule has 3 atom stereocenters. The molecule has 0 radical (unpaired) electrons. The third-order valence-corrected chi connectivity index (χ3v) is 4.20. The lowest BCUT2D eigenvalue weighted by atomic mass is 10.00. The molecule has 1 saturated heterocycles. The van der Waals surface area contributed by atoms with Gasteiger partial charge in [0.05, 0.1) is 16.8 Å². The Hall–Kier alpha value is -0.800. The number of pyridine rings is 1. The van der Waals surface area contributed by atoms with Crippen molar-refractivity contribution in [2.45, 2.75) is 18.9 Å². The zero-order valence-electron chi connectivity index (χ0n) is 9.01. The van der Waals surface area contributed by atoms with Crippen molar-refractivity contribution in [2.75, 3.05) is 18.0 Å². The van der Waals surface area contributed by atoms with Crippen molar-refractivity contribution >= 4 is 17.3 Å². The fourth-order valence-electron chi connectivity index (χ4n) is 3.06. The fourth-order valence-corrected chi connectivity index (χ4v) is 3.30. The number of aromatic nitrogens is 1. The molecule has 3 nitrogen and oxygen atoms in total. The molecule has 2 heterocycles. The summed E-state index contributed by atoms with van der Waals surface area (Å²) in [5, 5.41) is 10.6.